The molecular weight excluding hydrogens is 330 g/mol. The molecule has 0 radical (unpaired) electrons. The van der Waals surface area contributed by atoms with Gasteiger partial charge >= 0.3 is 0 Å². The number of benzene rings is 2. The van der Waals surface area contributed by atoms with E-state index in [2.05, 4.69) is 44.4 Å². The van der Waals surface area contributed by atoms with Crippen molar-refractivity contribution in [1.82, 2.24) is 10.2 Å². The Kier molecular flexibility index (Phi) is 4.01. The molecule has 0 fully saturated rings. The number of hydrogen-bond donors (Lipinski definition) is 1. The van der Waals surface area contributed by atoms with Crippen molar-refractivity contribution in [3.63, 3.8) is 0 Å². The van der Waals surface area contributed by atoms with E-state index in [0.29, 0.717) is 5.89 Å². The van der Waals surface area contributed by atoms with Crippen LogP contribution in [0.3, 0.4) is 0 Å². The molecule has 0 aliphatic heterocycles. The van der Waals surface area contributed by atoms with Crippen LogP contribution in [-0.4, -0.2) is 10.2 Å². The number of rotatable bonds is 4. The van der Waals surface area contributed by atoms with Crippen LogP contribution in [0.2, 0.25) is 0 Å². The van der Waals surface area contributed by atoms with Crippen LogP contribution < -0.4 is 5.32 Å². The molecule has 106 valence electrons. The lowest BCUT2D eigenvalue weighted by Gasteiger charge is -2.11. The summed E-state index contributed by atoms with van der Waals surface area (Å²) in [6.07, 6.45) is 1.34. The SMILES string of the molecule is Cc1cc(-c2nnco2)ccc1NCc1ccccc1Br. The number of anilines is 1. The monoisotopic (exact) mass is 343 g/mol. The molecule has 4 nitrogen and oxygen atoms in total. The number of hydrogen-bond acceptors (Lipinski definition) is 4. The minimum atomic E-state index is 0.537. The van der Waals surface area contributed by atoms with Gasteiger partial charge in [0.15, 0.2) is 0 Å². The summed E-state index contributed by atoms with van der Waals surface area (Å²) in [4.78, 5) is 0. The summed E-state index contributed by atoms with van der Waals surface area (Å²) in [6, 6.07) is 14.2. The highest BCUT2D eigenvalue weighted by Crippen LogP contribution is 2.24. The van der Waals surface area contributed by atoms with Crippen molar-refractivity contribution in [1.29, 1.82) is 0 Å². The lowest BCUT2D eigenvalue weighted by atomic mass is 10.1. The highest BCUT2D eigenvalue weighted by molar-refractivity contribution is 9.10. The fourth-order valence-electron chi connectivity index (χ4n) is 2.13. The van der Waals surface area contributed by atoms with Gasteiger partial charge in [0.25, 0.3) is 0 Å². The van der Waals surface area contributed by atoms with E-state index in [0.717, 1.165) is 27.8 Å². The van der Waals surface area contributed by atoms with E-state index in [1.54, 1.807) is 0 Å². The average Bonchev–Trinajstić information content (AvgIpc) is 3.02. The standard InChI is InChI=1S/C16H14BrN3O/c1-11-8-12(16-20-19-10-21-16)6-7-15(11)18-9-13-4-2-3-5-14(13)17/h2-8,10,18H,9H2,1H3. The van der Waals surface area contributed by atoms with Gasteiger partial charge in [0, 0.05) is 22.3 Å². The normalized spacial score (nSPS) is 10.6. The second kappa shape index (κ2) is 6.10. The molecular formula is C16H14BrN3O. The second-order valence-electron chi connectivity index (χ2n) is 4.72. The van der Waals surface area contributed by atoms with Crippen LogP contribution in [0.5, 0.6) is 0 Å². The molecule has 0 aliphatic rings. The zero-order chi connectivity index (χ0) is 14.7. The Balaban J connectivity index is 1.76. The Hall–Kier alpha value is -2.14. The number of nitrogens with one attached hydrogen (secondary N) is 1. The Labute approximate surface area is 131 Å². The van der Waals surface area contributed by atoms with Crippen LogP contribution in [0.15, 0.2) is 57.7 Å². The summed E-state index contributed by atoms with van der Waals surface area (Å²) in [5.41, 5.74) is 4.38. The molecule has 21 heavy (non-hydrogen) atoms. The van der Waals surface area contributed by atoms with Crippen molar-refractivity contribution in [2.75, 3.05) is 5.32 Å². The lowest BCUT2D eigenvalue weighted by Crippen LogP contribution is -2.01. The molecule has 0 unspecified atom stereocenters. The summed E-state index contributed by atoms with van der Waals surface area (Å²) >= 11 is 3.56. The van der Waals surface area contributed by atoms with Crippen LogP contribution in [-0.2, 0) is 6.54 Å². The fourth-order valence-corrected chi connectivity index (χ4v) is 2.55. The molecule has 0 spiro atoms. The molecule has 1 N–H and O–H groups in total. The molecule has 0 amide bonds. The van der Waals surface area contributed by atoms with Gasteiger partial charge in [-0.05, 0) is 42.3 Å². The zero-order valence-corrected chi connectivity index (χ0v) is 13.1. The van der Waals surface area contributed by atoms with Crippen molar-refractivity contribution in [2.24, 2.45) is 0 Å². The average molecular weight is 344 g/mol. The van der Waals surface area contributed by atoms with Gasteiger partial charge in [-0.2, -0.15) is 0 Å². The van der Waals surface area contributed by atoms with Gasteiger partial charge in [-0.15, -0.1) is 10.2 Å². The summed E-state index contributed by atoms with van der Waals surface area (Å²) in [7, 11) is 0. The van der Waals surface area contributed by atoms with E-state index in [9.17, 15) is 0 Å². The Morgan fingerprint density at radius 2 is 2.05 bits per heavy atom. The molecule has 0 aliphatic carbocycles. The maximum atomic E-state index is 5.21. The smallest absolute Gasteiger partial charge is 0.247 e. The highest BCUT2D eigenvalue weighted by atomic mass is 79.9. The number of aryl methyl sites for hydroxylation is 1. The molecule has 3 aromatic rings. The van der Waals surface area contributed by atoms with Crippen molar-refractivity contribution < 1.29 is 4.42 Å². The van der Waals surface area contributed by atoms with E-state index in [4.69, 9.17) is 4.42 Å². The van der Waals surface area contributed by atoms with Gasteiger partial charge in [0.1, 0.15) is 0 Å². The first-order valence-corrected chi connectivity index (χ1v) is 7.38. The van der Waals surface area contributed by atoms with Crippen molar-refractivity contribution in [3.05, 3.63) is 64.5 Å². The van der Waals surface area contributed by atoms with Gasteiger partial charge in [0.05, 0.1) is 0 Å². The first kappa shape index (κ1) is 13.8. The van der Waals surface area contributed by atoms with E-state index in [1.807, 2.05) is 36.4 Å². The molecule has 1 heterocycles. The molecule has 0 bridgehead atoms. The van der Waals surface area contributed by atoms with Crippen LogP contribution in [0.1, 0.15) is 11.1 Å². The summed E-state index contributed by atoms with van der Waals surface area (Å²) in [6.45, 7) is 2.82. The third-order valence-corrected chi connectivity index (χ3v) is 4.03. The highest BCUT2D eigenvalue weighted by Gasteiger charge is 2.06. The zero-order valence-electron chi connectivity index (χ0n) is 11.5. The molecule has 0 saturated carbocycles. The van der Waals surface area contributed by atoms with Gasteiger partial charge < -0.3 is 9.73 Å². The van der Waals surface area contributed by atoms with Gasteiger partial charge in [-0.3, -0.25) is 0 Å². The predicted octanol–water partition coefficient (Wildman–Crippen LogP) is 4.42. The topological polar surface area (TPSA) is 51.0 Å². The Morgan fingerprint density at radius 3 is 2.76 bits per heavy atom. The minimum Gasteiger partial charge on any atom is -0.423 e. The molecule has 5 heteroatoms. The molecule has 3 rings (SSSR count). The molecule has 0 saturated heterocycles. The molecule has 2 aromatic carbocycles. The van der Waals surface area contributed by atoms with Crippen LogP contribution >= 0.6 is 15.9 Å². The minimum absolute atomic E-state index is 0.537. The second-order valence-corrected chi connectivity index (χ2v) is 5.57. The van der Waals surface area contributed by atoms with E-state index >= 15 is 0 Å². The lowest BCUT2D eigenvalue weighted by molar-refractivity contribution is 0.568. The van der Waals surface area contributed by atoms with Crippen molar-refractivity contribution in [2.45, 2.75) is 13.5 Å². The van der Waals surface area contributed by atoms with Crippen molar-refractivity contribution in [3.8, 4) is 11.5 Å². The van der Waals surface area contributed by atoms with Gasteiger partial charge in [-0.25, -0.2) is 0 Å². The molecule has 1 aromatic heterocycles. The van der Waals surface area contributed by atoms with Crippen molar-refractivity contribution >= 4 is 21.6 Å². The third kappa shape index (κ3) is 3.13. The van der Waals surface area contributed by atoms with Gasteiger partial charge in [-0.1, -0.05) is 34.1 Å². The van der Waals surface area contributed by atoms with Crippen LogP contribution in [0, 0.1) is 6.92 Å². The first-order chi connectivity index (χ1) is 10.2. The fraction of sp³-hybridized carbons (Fsp3) is 0.125. The number of aromatic nitrogens is 2. The van der Waals surface area contributed by atoms with Crippen LogP contribution in [0.4, 0.5) is 5.69 Å². The largest absolute Gasteiger partial charge is 0.423 e. The molecule has 0 atom stereocenters. The first-order valence-electron chi connectivity index (χ1n) is 6.58. The quantitative estimate of drug-likeness (QED) is 0.761. The number of halogens is 1. The van der Waals surface area contributed by atoms with E-state index in [1.165, 1.54) is 12.0 Å². The Morgan fingerprint density at radius 1 is 1.19 bits per heavy atom. The summed E-state index contributed by atoms with van der Waals surface area (Å²) < 4.78 is 6.32. The third-order valence-electron chi connectivity index (χ3n) is 3.26. The maximum absolute atomic E-state index is 5.21. The van der Waals surface area contributed by atoms with Crippen LogP contribution in [0.25, 0.3) is 11.5 Å². The maximum Gasteiger partial charge on any atom is 0.247 e. The van der Waals surface area contributed by atoms with E-state index in [-0.39, 0.29) is 0 Å². The predicted molar refractivity (Wildman–Crippen MR) is 85.9 cm³/mol. The summed E-state index contributed by atoms with van der Waals surface area (Å²) in [5, 5.41) is 11.1. The Bertz CT molecular complexity index is 741. The summed E-state index contributed by atoms with van der Waals surface area (Å²) in [5.74, 6) is 0.537. The number of nitrogens with zero attached hydrogens (tertiary/aromatic N) is 2. The van der Waals surface area contributed by atoms with E-state index < -0.39 is 0 Å². The van der Waals surface area contributed by atoms with Gasteiger partial charge in [0.2, 0.25) is 12.3 Å².